The lowest BCUT2D eigenvalue weighted by atomic mass is 9.65. The fourth-order valence-electron chi connectivity index (χ4n) is 9.45. The average Bonchev–Trinajstić information content (AvgIpc) is 3.31. The molecule has 0 amide bonds. The van der Waals surface area contributed by atoms with Crippen LogP contribution in [0.5, 0.6) is 0 Å². The Hall–Kier alpha value is -6.48. The summed E-state index contributed by atoms with van der Waals surface area (Å²) in [5, 5.41) is 5.42. The second-order valence-electron chi connectivity index (χ2n) is 16.6. The van der Waals surface area contributed by atoms with Crippen molar-refractivity contribution in [2.75, 3.05) is 13.3 Å². The molecule has 10 rings (SSSR count). The van der Waals surface area contributed by atoms with Crippen LogP contribution in [-0.4, -0.2) is 28.3 Å². The van der Waals surface area contributed by atoms with Crippen molar-refractivity contribution in [3.8, 4) is 56.4 Å². The third-order valence-electron chi connectivity index (χ3n) is 12.5. The molecule has 4 nitrogen and oxygen atoms in total. The first kappa shape index (κ1) is 37.8. The zero-order valence-electron chi connectivity index (χ0n) is 34.1. The lowest BCUT2D eigenvalue weighted by Gasteiger charge is -2.39. The normalized spacial score (nSPS) is 14.0. The van der Waals surface area contributed by atoms with Crippen molar-refractivity contribution in [3.63, 3.8) is 0 Å². The van der Waals surface area contributed by atoms with Crippen molar-refractivity contribution >= 4 is 34.0 Å². The molecule has 60 heavy (non-hydrogen) atoms. The molecule has 0 spiro atoms. The highest BCUT2D eigenvalue weighted by atomic mass is 31.2. The first-order valence-corrected chi connectivity index (χ1v) is 23.6. The molecule has 1 aromatic heterocycles. The molecule has 0 unspecified atom stereocenters. The van der Waals surface area contributed by atoms with Gasteiger partial charge in [0.05, 0.1) is 0 Å². The molecule has 292 valence electrons. The van der Waals surface area contributed by atoms with Crippen molar-refractivity contribution in [2.24, 2.45) is 0 Å². The molecular weight excluding hydrogens is 750 g/mol. The fourth-order valence-corrected chi connectivity index (χ4v) is 10.7. The van der Waals surface area contributed by atoms with E-state index in [9.17, 15) is 4.57 Å². The fraction of sp³-hybridized carbons (Fsp3) is 0.145. The largest absolute Gasteiger partial charge is 0.319 e. The molecule has 0 radical (unpaired) electrons. The lowest BCUT2D eigenvalue weighted by Crippen LogP contribution is -2.30. The molecule has 8 aromatic carbocycles. The number of nitrogens with zero attached hydrogens (tertiary/aromatic N) is 3. The van der Waals surface area contributed by atoms with E-state index in [-0.39, 0.29) is 5.41 Å². The van der Waals surface area contributed by atoms with Crippen LogP contribution >= 0.6 is 7.14 Å². The second kappa shape index (κ2) is 15.6. The number of fused-ring (bicyclic) bond motifs is 2. The maximum atomic E-state index is 13.2. The summed E-state index contributed by atoms with van der Waals surface area (Å²) in [4.78, 5) is 15.5. The summed E-state index contributed by atoms with van der Waals surface area (Å²) in [6.07, 6.45) is 5.84. The van der Waals surface area contributed by atoms with Crippen LogP contribution in [0.25, 0.3) is 78.0 Å². The average molecular weight is 796 g/mol. The SMILES string of the molecule is CP(C)(=O)c1ccc(-c2ccc(C3(c4ccc(-c5nc(-c6cccc(-c7ccccc7)c6)nc(-c6cccc7ccccc67)n5)cc4)CCCCC3)cc2)c2ccccc12. The van der Waals surface area contributed by atoms with E-state index in [1.807, 2.05) is 25.5 Å². The van der Waals surface area contributed by atoms with Crippen molar-refractivity contribution in [3.05, 3.63) is 193 Å². The summed E-state index contributed by atoms with van der Waals surface area (Å²) < 4.78 is 13.2. The third kappa shape index (κ3) is 7.06. The van der Waals surface area contributed by atoms with Gasteiger partial charge < -0.3 is 4.57 Å². The zero-order valence-corrected chi connectivity index (χ0v) is 34.9. The molecule has 1 aliphatic carbocycles. The first-order valence-electron chi connectivity index (χ1n) is 21.0. The van der Waals surface area contributed by atoms with Crippen LogP contribution in [0.1, 0.15) is 43.2 Å². The molecule has 0 N–H and O–H groups in total. The highest BCUT2D eigenvalue weighted by Gasteiger charge is 2.36. The van der Waals surface area contributed by atoms with Gasteiger partial charge in [-0.2, -0.15) is 0 Å². The number of rotatable bonds is 8. The van der Waals surface area contributed by atoms with Crippen LogP contribution in [-0.2, 0) is 9.98 Å². The predicted molar refractivity (Wildman–Crippen MR) is 251 cm³/mol. The van der Waals surface area contributed by atoms with Crippen LogP contribution in [0.3, 0.4) is 0 Å². The number of benzene rings is 8. The Morgan fingerprint density at radius 2 is 0.967 bits per heavy atom. The quantitative estimate of drug-likeness (QED) is 0.144. The van der Waals surface area contributed by atoms with E-state index in [0.717, 1.165) is 67.5 Å². The van der Waals surface area contributed by atoms with Gasteiger partial charge in [0.15, 0.2) is 17.5 Å². The molecule has 0 saturated heterocycles. The Morgan fingerprint density at radius 1 is 0.417 bits per heavy atom. The Morgan fingerprint density at radius 3 is 1.68 bits per heavy atom. The molecule has 0 aliphatic heterocycles. The van der Waals surface area contributed by atoms with Gasteiger partial charge in [0.2, 0.25) is 0 Å². The molecule has 1 heterocycles. The van der Waals surface area contributed by atoms with Gasteiger partial charge >= 0.3 is 0 Å². The molecule has 1 aliphatic rings. The minimum Gasteiger partial charge on any atom is -0.319 e. The van der Waals surface area contributed by atoms with Gasteiger partial charge in [0.1, 0.15) is 7.14 Å². The minimum atomic E-state index is -2.43. The molecule has 0 bridgehead atoms. The van der Waals surface area contributed by atoms with E-state index in [1.54, 1.807) is 0 Å². The number of hydrogen-bond donors (Lipinski definition) is 0. The molecule has 0 atom stereocenters. The molecule has 1 saturated carbocycles. The van der Waals surface area contributed by atoms with Gasteiger partial charge in [0.25, 0.3) is 0 Å². The summed E-state index contributed by atoms with van der Waals surface area (Å²) in [6, 6.07) is 64.6. The van der Waals surface area contributed by atoms with E-state index in [0.29, 0.717) is 17.5 Å². The third-order valence-corrected chi connectivity index (χ3v) is 14.1. The van der Waals surface area contributed by atoms with E-state index in [4.69, 9.17) is 15.0 Å². The van der Waals surface area contributed by atoms with Gasteiger partial charge in [-0.05, 0) is 87.2 Å². The standard InChI is InChI=1S/C55H46N3OP/c1-60(2,59)51-34-33-47(48-22-9-10-23-49(48)51)40-25-29-44(30-26-40)55(35-11-4-12-36-55)45-31-27-41(28-32-45)52-56-53(43-20-13-19-42(37-43)38-15-5-3-6-16-38)58-54(57-52)50-24-14-18-39-17-7-8-21-46(39)50/h3,5-10,13-34,37H,4,11-12,35-36H2,1-2H3. The highest BCUT2D eigenvalue weighted by molar-refractivity contribution is 7.70. The Kier molecular flexibility index (Phi) is 9.82. The van der Waals surface area contributed by atoms with Gasteiger partial charge in [-0.3, -0.25) is 0 Å². The monoisotopic (exact) mass is 795 g/mol. The van der Waals surface area contributed by atoms with Crippen molar-refractivity contribution in [1.29, 1.82) is 0 Å². The van der Waals surface area contributed by atoms with Crippen LogP contribution in [0.2, 0.25) is 0 Å². The highest BCUT2D eigenvalue weighted by Crippen LogP contribution is 2.46. The Bertz CT molecular complexity index is 3050. The van der Waals surface area contributed by atoms with E-state index in [1.165, 1.54) is 41.5 Å². The predicted octanol–water partition coefficient (Wildman–Crippen LogP) is 14.0. The number of aromatic nitrogens is 3. The number of hydrogen-bond acceptors (Lipinski definition) is 4. The molecule has 1 fully saturated rings. The Labute approximate surface area is 352 Å². The second-order valence-corrected chi connectivity index (χ2v) is 19.8. The molecule has 5 heteroatoms. The Balaban J connectivity index is 1.04. The zero-order chi connectivity index (χ0) is 40.7. The summed E-state index contributed by atoms with van der Waals surface area (Å²) in [5.74, 6) is 1.96. The van der Waals surface area contributed by atoms with E-state index < -0.39 is 7.14 Å². The van der Waals surface area contributed by atoms with Crippen LogP contribution in [0.4, 0.5) is 0 Å². The first-order chi connectivity index (χ1) is 29.3. The van der Waals surface area contributed by atoms with E-state index in [2.05, 4.69) is 170 Å². The van der Waals surface area contributed by atoms with Crippen LogP contribution in [0, 0.1) is 0 Å². The summed E-state index contributed by atoms with van der Waals surface area (Å²) in [7, 11) is -2.43. The van der Waals surface area contributed by atoms with Crippen molar-refractivity contribution in [1.82, 2.24) is 15.0 Å². The smallest absolute Gasteiger partial charge is 0.164 e. The maximum Gasteiger partial charge on any atom is 0.164 e. The van der Waals surface area contributed by atoms with Gasteiger partial charge in [-0.15, -0.1) is 0 Å². The van der Waals surface area contributed by atoms with Gasteiger partial charge in [0, 0.05) is 27.4 Å². The maximum absolute atomic E-state index is 13.2. The van der Waals surface area contributed by atoms with Gasteiger partial charge in [-0.25, -0.2) is 15.0 Å². The van der Waals surface area contributed by atoms with E-state index >= 15 is 0 Å². The summed E-state index contributed by atoms with van der Waals surface area (Å²) in [5.41, 5.74) is 10.1. The summed E-state index contributed by atoms with van der Waals surface area (Å²) >= 11 is 0. The van der Waals surface area contributed by atoms with Crippen LogP contribution < -0.4 is 5.30 Å². The minimum absolute atomic E-state index is 0.0887. The molecular formula is C55H46N3OP. The van der Waals surface area contributed by atoms with Crippen LogP contribution in [0.15, 0.2) is 182 Å². The molecule has 9 aromatic rings. The van der Waals surface area contributed by atoms with Crippen molar-refractivity contribution in [2.45, 2.75) is 37.5 Å². The van der Waals surface area contributed by atoms with Gasteiger partial charge in [-0.1, -0.05) is 195 Å². The lowest BCUT2D eigenvalue weighted by molar-refractivity contribution is 0.346. The topological polar surface area (TPSA) is 55.7 Å². The van der Waals surface area contributed by atoms with Crippen molar-refractivity contribution < 1.29 is 4.57 Å². The summed E-state index contributed by atoms with van der Waals surface area (Å²) in [6.45, 7) is 3.72.